The van der Waals surface area contributed by atoms with Gasteiger partial charge in [0.2, 0.25) is 5.91 Å². The highest BCUT2D eigenvalue weighted by atomic mass is 127. The van der Waals surface area contributed by atoms with E-state index in [0.717, 1.165) is 71.0 Å². The fourth-order valence-corrected chi connectivity index (χ4v) is 4.24. The maximum atomic E-state index is 11.9. The number of aliphatic imine (C=N–C) groups is 1. The zero-order chi connectivity index (χ0) is 19.7. The van der Waals surface area contributed by atoms with Gasteiger partial charge in [-0.25, -0.2) is 0 Å². The molecule has 2 fully saturated rings. The molecular weight excluding hydrogens is 489 g/mol. The van der Waals surface area contributed by atoms with E-state index in [0.29, 0.717) is 12.6 Å². The lowest BCUT2D eigenvalue weighted by Crippen LogP contribution is -2.50. The molecular formula is C19H38IN5O2S. The summed E-state index contributed by atoms with van der Waals surface area (Å²) in [5.74, 6) is 1.09. The van der Waals surface area contributed by atoms with Crippen molar-refractivity contribution in [1.82, 2.24) is 20.4 Å². The van der Waals surface area contributed by atoms with Crippen molar-refractivity contribution in [2.24, 2.45) is 4.99 Å². The van der Waals surface area contributed by atoms with Crippen LogP contribution in [-0.4, -0.2) is 98.7 Å². The Balaban J connectivity index is 0.00000392. The highest BCUT2D eigenvalue weighted by molar-refractivity contribution is 14.0. The van der Waals surface area contributed by atoms with E-state index in [9.17, 15) is 4.79 Å². The molecule has 0 atom stereocenters. The first-order valence-electron chi connectivity index (χ1n) is 10.1. The molecule has 0 spiro atoms. The number of piperidine rings is 1. The van der Waals surface area contributed by atoms with Crippen molar-refractivity contribution in [3.8, 4) is 0 Å². The number of likely N-dealkylation sites (tertiary alicyclic amines) is 1. The first kappa shape index (κ1) is 25.8. The van der Waals surface area contributed by atoms with Gasteiger partial charge in [-0.3, -0.25) is 14.7 Å². The fraction of sp³-hybridized carbons (Fsp3) is 0.895. The Kier molecular flexibility index (Phi) is 12.1. The second-order valence-corrected chi connectivity index (χ2v) is 8.95. The summed E-state index contributed by atoms with van der Waals surface area (Å²) in [5, 5.41) is 7.00. The summed E-state index contributed by atoms with van der Waals surface area (Å²) in [7, 11) is 3.63. The fourth-order valence-electron chi connectivity index (χ4n) is 3.47. The summed E-state index contributed by atoms with van der Waals surface area (Å²) in [5.41, 5.74) is 0. The number of ether oxygens (including phenoxy) is 1. The maximum absolute atomic E-state index is 11.9. The van der Waals surface area contributed by atoms with Crippen molar-refractivity contribution in [2.75, 3.05) is 66.3 Å². The molecule has 2 aliphatic heterocycles. The lowest BCUT2D eigenvalue weighted by atomic mass is 9.99. The maximum Gasteiger partial charge on any atom is 0.236 e. The van der Waals surface area contributed by atoms with Gasteiger partial charge in [-0.15, -0.1) is 24.0 Å². The van der Waals surface area contributed by atoms with Crippen LogP contribution in [-0.2, 0) is 9.53 Å². The first-order chi connectivity index (χ1) is 13.0. The molecule has 2 aliphatic rings. The van der Waals surface area contributed by atoms with Gasteiger partial charge < -0.3 is 20.3 Å². The van der Waals surface area contributed by atoms with E-state index < -0.39 is 0 Å². The van der Waals surface area contributed by atoms with Gasteiger partial charge in [0.05, 0.1) is 13.1 Å². The Labute approximate surface area is 191 Å². The van der Waals surface area contributed by atoms with Crippen LogP contribution in [0.3, 0.4) is 0 Å². The molecule has 0 aromatic rings. The van der Waals surface area contributed by atoms with Crippen molar-refractivity contribution in [1.29, 1.82) is 0 Å². The predicted molar refractivity (Wildman–Crippen MR) is 129 cm³/mol. The normalized spacial score (nSPS) is 20.9. The Bertz CT molecular complexity index is 493. The van der Waals surface area contributed by atoms with E-state index in [4.69, 9.17) is 9.73 Å². The Morgan fingerprint density at radius 3 is 2.46 bits per heavy atom. The molecule has 7 nitrogen and oxygen atoms in total. The molecule has 164 valence electrons. The molecule has 0 saturated carbocycles. The average molecular weight is 528 g/mol. The molecule has 2 rings (SSSR count). The van der Waals surface area contributed by atoms with E-state index in [-0.39, 0.29) is 34.6 Å². The molecule has 28 heavy (non-hydrogen) atoms. The average Bonchev–Trinajstić information content (AvgIpc) is 2.68. The van der Waals surface area contributed by atoms with Crippen LogP contribution in [0.2, 0.25) is 0 Å². The molecule has 0 aliphatic carbocycles. The third kappa shape index (κ3) is 8.23. The molecule has 0 radical (unpaired) electrons. The van der Waals surface area contributed by atoms with Crippen LogP contribution in [0.5, 0.6) is 0 Å². The number of hydrogen-bond donors (Lipinski definition) is 2. The second kappa shape index (κ2) is 13.1. The molecule has 2 saturated heterocycles. The minimum atomic E-state index is 0. The Morgan fingerprint density at radius 2 is 1.93 bits per heavy atom. The summed E-state index contributed by atoms with van der Waals surface area (Å²) in [6.07, 6.45) is 6.38. The molecule has 0 unspecified atom stereocenters. The van der Waals surface area contributed by atoms with E-state index in [1.807, 2.05) is 25.9 Å². The summed E-state index contributed by atoms with van der Waals surface area (Å²) in [6, 6.07) is 0.411. The van der Waals surface area contributed by atoms with Crippen molar-refractivity contribution < 1.29 is 9.53 Å². The van der Waals surface area contributed by atoms with Crippen molar-refractivity contribution >= 4 is 47.6 Å². The van der Waals surface area contributed by atoms with Crippen molar-refractivity contribution in [2.45, 2.75) is 43.4 Å². The largest absolute Gasteiger partial charge is 0.381 e. The number of halogens is 1. The van der Waals surface area contributed by atoms with Gasteiger partial charge >= 0.3 is 0 Å². The monoisotopic (exact) mass is 527 g/mol. The third-order valence-electron chi connectivity index (χ3n) is 5.49. The predicted octanol–water partition coefficient (Wildman–Crippen LogP) is 1.62. The number of carbonyl (C=O) groups is 1. The van der Waals surface area contributed by atoms with E-state index in [2.05, 4.69) is 28.7 Å². The Morgan fingerprint density at radius 1 is 1.29 bits per heavy atom. The molecule has 0 aromatic carbocycles. The smallest absolute Gasteiger partial charge is 0.236 e. The summed E-state index contributed by atoms with van der Waals surface area (Å²) in [4.78, 5) is 20.7. The Hall–Kier alpha value is -0.260. The molecule has 9 heteroatoms. The number of carbonyl (C=O) groups excluding carboxylic acids is 1. The minimum Gasteiger partial charge on any atom is -0.381 e. The van der Waals surface area contributed by atoms with Gasteiger partial charge in [-0.2, -0.15) is 11.8 Å². The molecule has 2 N–H and O–H groups in total. The zero-order valence-corrected chi connectivity index (χ0v) is 21.0. The van der Waals surface area contributed by atoms with Crippen LogP contribution in [0.1, 0.15) is 32.6 Å². The van der Waals surface area contributed by atoms with Gasteiger partial charge in [0.15, 0.2) is 5.96 Å². The van der Waals surface area contributed by atoms with E-state index >= 15 is 0 Å². The SMILES string of the molecule is CCNC(=NCC1(SC)CCOCC1)NC1CCN(CC(=O)N(C)C)CC1.I. The minimum absolute atomic E-state index is 0. The van der Waals surface area contributed by atoms with Crippen LogP contribution >= 0.6 is 35.7 Å². The summed E-state index contributed by atoms with van der Waals surface area (Å²) >= 11 is 1.92. The van der Waals surface area contributed by atoms with Crippen LogP contribution in [0.15, 0.2) is 4.99 Å². The van der Waals surface area contributed by atoms with Gasteiger partial charge in [-0.1, -0.05) is 0 Å². The number of likely N-dealkylation sites (N-methyl/N-ethyl adjacent to an activating group) is 1. The number of thioether (sulfide) groups is 1. The molecule has 1 amide bonds. The number of rotatable bonds is 7. The number of nitrogens with zero attached hydrogens (tertiary/aromatic N) is 3. The van der Waals surface area contributed by atoms with Gasteiger partial charge in [0, 0.05) is 57.7 Å². The quantitative estimate of drug-likeness (QED) is 0.298. The van der Waals surface area contributed by atoms with E-state index in [1.54, 1.807) is 4.90 Å². The van der Waals surface area contributed by atoms with Crippen LogP contribution in [0, 0.1) is 0 Å². The number of nitrogens with one attached hydrogen (secondary N) is 2. The summed E-state index contributed by atoms with van der Waals surface area (Å²) in [6.45, 7) is 7.87. The summed E-state index contributed by atoms with van der Waals surface area (Å²) < 4.78 is 5.73. The van der Waals surface area contributed by atoms with Crippen LogP contribution in [0.4, 0.5) is 0 Å². The highest BCUT2D eigenvalue weighted by Gasteiger charge is 2.32. The van der Waals surface area contributed by atoms with Gasteiger partial charge in [0.25, 0.3) is 0 Å². The lowest BCUT2D eigenvalue weighted by molar-refractivity contribution is -0.130. The molecule has 0 bridgehead atoms. The standard InChI is InChI=1S/C19H37N5O2S.HI/c1-5-20-18(21-15-19(27-4)8-12-26-13-9-19)22-16-6-10-24(11-7-16)14-17(25)23(2)3;/h16H,5-15H2,1-4H3,(H2,20,21,22);1H. The molecule has 2 heterocycles. The third-order valence-corrected chi connectivity index (χ3v) is 6.90. The topological polar surface area (TPSA) is 69.2 Å². The van der Waals surface area contributed by atoms with E-state index in [1.165, 1.54) is 0 Å². The second-order valence-electron chi connectivity index (χ2n) is 7.68. The number of hydrogen-bond acceptors (Lipinski definition) is 5. The zero-order valence-electron chi connectivity index (χ0n) is 17.8. The highest BCUT2D eigenvalue weighted by Crippen LogP contribution is 2.34. The van der Waals surface area contributed by atoms with Crippen molar-refractivity contribution in [3.05, 3.63) is 0 Å². The number of guanidine groups is 1. The van der Waals surface area contributed by atoms with Gasteiger partial charge in [0.1, 0.15) is 0 Å². The lowest BCUT2D eigenvalue weighted by Gasteiger charge is -2.35. The van der Waals surface area contributed by atoms with Crippen LogP contribution < -0.4 is 10.6 Å². The van der Waals surface area contributed by atoms with Crippen molar-refractivity contribution in [3.63, 3.8) is 0 Å². The van der Waals surface area contributed by atoms with Gasteiger partial charge in [-0.05, 0) is 38.9 Å². The van der Waals surface area contributed by atoms with Crippen LogP contribution in [0.25, 0.3) is 0 Å². The molecule has 0 aromatic heterocycles. The first-order valence-corrected chi connectivity index (χ1v) is 11.3. The number of amides is 1.